The fourth-order valence-corrected chi connectivity index (χ4v) is 2.00. The second-order valence-electron chi connectivity index (χ2n) is 4.70. The maximum Gasteiger partial charge on any atom is 0.0470 e. The molecule has 1 heterocycles. The Hall–Kier alpha value is 0.500. The van der Waals surface area contributed by atoms with Crippen LogP contribution in [-0.2, 0) is 0 Å². The van der Waals surface area contributed by atoms with E-state index in [4.69, 9.17) is 23.6 Å². The van der Waals surface area contributed by atoms with Crippen molar-refractivity contribution in [3.8, 4) is 0 Å². The smallest absolute Gasteiger partial charge is 0.0470 e. The maximum absolute atomic E-state index is 5.75. The standard InChI is InChI=1S/C10H20Cl2N2/c1-10(2,14(11)12)6-5-9-13-7-3-4-8-13/h3-9H2,1-2H3. The first-order valence-corrected chi connectivity index (χ1v) is 6.04. The van der Waals surface area contributed by atoms with Crippen molar-refractivity contribution < 1.29 is 0 Å². The molecule has 2 nitrogen and oxygen atoms in total. The molecular weight excluding hydrogens is 219 g/mol. The van der Waals surface area contributed by atoms with Gasteiger partial charge in [0.05, 0.1) is 0 Å². The number of hydrogen-bond acceptors (Lipinski definition) is 2. The van der Waals surface area contributed by atoms with Crippen LogP contribution in [0.4, 0.5) is 0 Å². The van der Waals surface area contributed by atoms with Crippen LogP contribution in [0.1, 0.15) is 39.5 Å². The lowest BCUT2D eigenvalue weighted by Gasteiger charge is -2.28. The summed E-state index contributed by atoms with van der Waals surface area (Å²) in [5.74, 6) is 0. The van der Waals surface area contributed by atoms with Gasteiger partial charge in [0.1, 0.15) is 0 Å². The van der Waals surface area contributed by atoms with E-state index in [1.165, 1.54) is 42.8 Å². The van der Waals surface area contributed by atoms with E-state index in [-0.39, 0.29) is 5.54 Å². The van der Waals surface area contributed by atoms with Gasteiger partial charge in [-0.2, -0.15) is 0 Å². The topological polar surface area (TPSA) is 6.48 Å². The molecule has 0 aromatic rings. The molecule has 0 N–H and O–H groups in total. The predicted octanol–water partition coefficient (Wildman–Crippen LogP) is 3.25. The molecule has 0 spiro atoms. The minimum atomic E-state index is -0.108. The molecule has 1 saturated heterocycles. The van der Waals surface area contributed by atoms with Crippen molar-refractivity contribution in [2.24, 2.45) is 0 Å². The van der Waals surface area contributed by atoms with Crippen molar-refractivity contribution in [3.05, 3.63) is 0 Å². The highest BCUT2D eigenvalue weighted by molar-refractivity contribution is 6.34. The van der Waals surface area contributed by atoms with Gasteiger partial charge >= 0.3 is 0 Å². The number of rotatable bonds is 5. The van der Waals surface area contributed by atoms with E-state index in [1.807, 2.05) is 0 Å². The fourth-order valence-electron chi connectivity index (χ4n) is 1.83. The van der Waals surface area contributed by atoms with Crippen LogP contribution in [0, 0.1) is 0 Å². The Kier molecular flexibility index (Phi) is 4.98. The van der Waals surface area contributed by atoms with Gasteiger partial charge in [-0.25, -0.2) is 0 Å². The maximum atomic E-state index is 5.75. The first-order valence-electron chi connectivity index (χ1n) is 5.36. The summed E-state index contributed by atoms with van der Waals surface area (Å²) in [5, 5.41) is 0. The van der Waals surface area contributed by atoms with Crippen LogP contribution >= 0.6 is 23.6 Å². The lowest BCUT2D eigenvalue weighted by Crippen LogP contribution is -2.32. The quantitative estimate of drug-likeness (QED) is 0.679. The molecule has 0 amide bonds. The Morgan fingerprint density at radius 2 is 1.79 bits per heavy atom. The van der Waals surface area contributed by atoms with Crippen molar-refractivity contribution in [2.45, 2.75) is 45.1 Å². The average Bonchev–Trinajstić information content (AvgIpc) is 2.56. The van der Waals surface area contributed by atoms with E-state index >= 15 is 0 Å². The highest BCUT2D eigenvalue weighted by Gasteiger charge is 2.24. The molecular formula is C10H20Cl2N2. The molecule has 1 aliphatic rings. The molecule has 0 unspecified atom stereocenters. The molecule has 0 bridgehead atoms. The van der Waals surface area contributed by atoms with Crippen LogP contribution in [0.25, 0.3) is 0 Å². The van der Waals surface area contributed by atoms with E-state index in [2.05, 4.69) is 18.7 Å². The molecule has 0 aromatic carbocycles. The molecule has 14 heavy (non-hydrogen) atoms. The Bertz CT molecular complexity index is 166. The highest BCUT2D eigenvalue weighted by atomic mass is 35.5. The highest BCUT2D eigenvalue weighted by Crippen LogP contribution is 2.25. The zero-order valence-corrected chi connectivity index (χ0v) is 10.6. The summed E-state index contributed by atoms with van der Waals surface area (Å²) in [4.78, 5) is 2.52. The Morgan fingerprint density at radius 3 is 2.29 bits per heavy atom. The van der Waals surface area contributed by atoms with Gasteiger partial charge < -0.3 is 4.90 Å². The predicted molar refractivity (Wildman–Crippen MR) is 62.5 cm³/mol. The van der Waals surface area contributed by atoms with E-state index < -0.39 is 0 Å². The van der Waals surface area contributed by atoms with E-state index in [9.17, 15) is 0 Å². The Labute approximate surface area is 97.4 Å². The summed E-state index contributed by atoms with van der Waals surface area (Å²) in [6, 6.07) is 0. The summed E-state index contributed by atoms with van der Waals surface area (Å²) in [5.41, 5.74) is -0.108. The molecule has 0 atom stereocenters. The third-order valence-electron chi connectivity index (χ3n) is 2.92. The van der Waals surface area contributed by atoms with Crippen LogP contribution in [-0.4, -0.2) is 34.0 Å². The molecule has 84 valence electrons. The van der Waals surface area contributed by atoms with Gasteiger partial charge in [0, 0.05) is 5.54 Å². The third-order valence-corrected chi connectivity index (χ3v) is 3.83. The normalized spacial score (nSPS) is 19.5. The van der Waals surface area contributed by atoms with Crippen molar-refractivity contribution >= 4 is 23.6 Å². The molecule has 0 aromatic heterocycles. The summed E-state index contributed by atoms with van der Waals surface area (Å²) >= 11 is 11.5. The van der Waals surface area contributed by atoms with Crippen molar-refractivity contribution in [1.29, 1.82) is 0 Å². The lowest BCUT2D eigenvalue weighted by molar-refractivity contribution is 0.274. The van der Waals surface area contributed by atoms with Gasteiger partial charge in [-0.3, -0.25) is 0 Å². The van der Waals surface area contributed by atoms with E-state index in [1.54, 1.807) is 0 Å². The van der Waals surface area contributed by atoms with Crippen LogP contribution < -0.4 is 0 Å². The molecule has 0 radical (unpaired) electrons. The first kappa shape index (κ1) is 12.6. The molecule has 1 aliphatic heterocycles. The minimum Gasteiger partial charge on any atom is -0.303 e. The van der Waals surface area contributed by atoms with Crippen molar-refractivity contribution in [2.75, 3.05) is 19.6 Å². The summed E-state index contributed by atoms with van der Waals surface area (Å²) in [6.07, 6.45) is 4.93. The van der Waals surface area contributed by atoms with Gasteiger partial charge in [-0.15, -0.1) is 3.94 Å². The van der Waals surface area contributed by atoms with Crippen LogP contribution in [0.5, 0.6) is 0 Å². The zero-order valence-electron chi connectivity index (χ0n) is 9.10. The van der Waals surface area contributed by atoms with Crippen molar-refractivity contribution in [3.63, 3.8) is 0 Å². The molecule has 1 fully saturated rings. The number of nitrogens with zero attached hydrogens (tertiary/aromatic N) is 2. The van der Waals surface area contributed by atoms with Crippen LogP contribution in [0.3, 0.4) is 0 Å². The van der Waals surface area contributed by atoms with Gasteiger partial charge in [-0.1, -0.05) is 0 Å². The minimum absolute atomic E-state index is 0.108. The molecule has 0 saturated carbocycles. The fraction of sp³-hybridized carbons (Fsp3) is 1.00. The molecule has 4 heteroatoms. The monoisotopic (exact) mass is 238 g/mol. The van der Waals surface area contributed by atoms with Gasteiger partial charge in [0.15, 0.2) is 0 Å². The molecule has 1 rings (SSSR count). The third kappa shape index (κ3) is 3.93. The Morgan fingerprint density at radius 1 is 1.21 bits per heavy atom. The lowest BCUT2D eigenvalue weighted by atomic mass is 10.00. The Balaban J connectivity index is 2.13. The second-order valence-corrected chi connectivity index (χ2v) is 5.55. The average molecular weight is 239 g/mol. The second kappa shape index (κ2) is 5.55. The molecule has 0 aliphatic carbocycles. The summed E-state index contributed by atoms with van der Waals surface area (Å²) in [7, 11) is 0. The number of hydrogen-bond donors (Lipinski definition) is 0. The van der Waals surface area contributed by atoms with E-state index in [0.717, 1.165) is 6.42 Å². The summed E-state index contributed by atoms with van der Waals surface area (Å²) in [6.45, 7) is 7.86. The van der Waals surface area contributed by atoms with Crippen molar-refractivity contribution in [1.82, 2.24) is 8.84 Å². The number of likely N-dealkylation sites (tertiary alicyclic amines) is 1. The van der Waals surface area contributed by atoms with Crippen LogP contribution in [0.2, 0.25) is 0 Å². The summed E-state index contributed by atoms with van der Waals surface area (Å²) < 4.78 is 1.27. The largest absolute Gasteiger partial charge is 0.303 e. The van der Waals surface area contributed by atoms with Gasteiger partial charge in [-0.05, 0) is 82.7 Å². The zero-order chi connectivity index (χ0) is 10.6. The number of halogens is 2. The van der Waals surface area contributed by atoms with E-state index in [0.29, 0.717) is 0 Å². The SMILES string of the molecule is CC(C)(CCCN1CCCC1)N(Cl)Cl. The van der Waals surface area contributed by atoms with Crippen LogP contribution in [0.15, 0.2) is 0 Å². The first-order chi connectivity index (χ1) is 6.52. The van der Waals surface area contributed by atoms with Gasteiger partial charge in [0.2, 0.25) is 0 Å². The van der Waals surface area contributed by atoms with Gasteiger partial charge in [0.25, 0.3) is 0 Å².